The van der Waals surface area contributed by atoms with Crippen LogP contribution in [0.4, 0.5) is 0 Å². The molecular formula is C16H23NO2. The lowest BCUT2D eigenvalue weighted by Crippen LogP contribution is -2.45. The predicted octanol–water partition coefficient (Wildman–Crippen LogP) is 2.30. The van der Waals surface area contributed by atoms with E-state index in [-0.39, 0.29) is 12.5 Å². The van der Waals surface area contributed by atoms with Gasteiger partial charge in [0.15, 0.2) is 0 Å². The predicted molar refractivity (Wildman–Crippen MR) is 75.9 cm³/mol. The number of aryl methyl sites for hydroxylation is 2. The molecular weight excluding hydrogens is 238 g/mol. The standard InChI is InChI=1S/C16H23NO2/c1-13-4-2-5-14(12-13)8-9-16(19)17(10-11-18)15-6-3-7-15/h2,4-5,12,15,18H,3,6-11H2,1H3. The van der Waals surface area contributed by atoms with E-state index in [1.165, 1.54) is 17.5 Å². The Morgan fingerprint density at radius 1 is 1.42 bits per heavy atom. The molecule has 104 valence electrons. The molecule has 1 saturated carbocycles. The molecule has 0 aliphatic heterocycles. The van der Waals surface area contributed by atoms with Gasteiger partial charge in [0, 0.05) is 19.0 Å². The molecule has 1 aliphatic rings. The van der Waals surface area contributed by atoms with Crippen molar-refractivity contribution in [2.45, 2.75) is 45.1 Å². The molecule has 1 N–H and O–H groups in total. The minimum atomic E-state index is 0.0622. The van der Waals surface area contributed by atoms with Gasteiger partial charge in [0.05, 0.1) is 6.61 Å². The number of rotatable bonds is 6. The number of amides is 1. The van der Waals surface area contributed by atoms with Gasteiger partial charge in [0.2, 0.25) is 5.91 Å². The number of carbonyl (C=O) groups excluding carboxylic acids is 1. The summed E-state index contributed by atoms with van der Waals surface area (Å²) in [6.45, 7) is 2.61. The number of benzene rings is 1. The highest BCUT2D eigenvalue weighted by Gasteiger charge is 2.27. The van der Waals surface area contributed by atoms with Crippen LogP contribution in [0.25, 0.3) is 0 Å². The van der Waals surface area contributed by atoms with E-state index >= 15 is 0 Å². The molecule has 3 heteroatoms. The maximum absolute atomic E-state index is 12.2. The third kappa shape index (κ3) is 3.80. The van der Waals surface area contributed by atoms with Crippen LogP contribution in [-0.4, -0.2) is 35.1 Å². The lowest BCUT2D eigenvalue weighted by Gasteiger charge is -2.37. The number of nitrogens with zero attached hydrogens (tertiary/aromatic N) is 1. The molecule has 0 saturated heterocycles. The number of hydrogen-bond donors (Lipinski definition) is 1. The first-order valence-electron chi connectivity index (χ1n) is 7.16. The molecule has 19 heavy (non-hydrogen) atoms. The second-order valence-electron chi connectivity index (χ2n) is 5.38. The monoisotopic (exact) mass is 261 g/mol. The van der Waals surface area contributed by atoms with Gasteiger partial charge in [-0.1, -0.05) is 29.8 Å². The van der Waals surface area contributed by atoms with Crippen molar-refractivity contribution in [3.05, 3.63) is 35.4 Å². The smallest absolute Gasteiger partial charge is 0.223 e. The highest BCUT2D eigenvalue weighted by Crippen LogP contribution is 2.25. The molecule has 0 bridgehead atoms. The van der Waals surface area contributed by atoms with E-state index in [0.717, 1.165) is 19.3 Å². The van der Waals surface area contributed by atoms with Gasteiger partial charge >= 0.3 is 0 Å². The van der Waals surface area contributed by atoms with Crippen LogP contribution >= 0.6 is 0 Å². The average Bonchev–Trinajstić information content (AvgIpc) is 2.33. The summed E-state index contributed by atoms with van der Waals surface area (Å²) in [7, 11) is 0. The minimum Gasteiger partial charge on any atom is -0.395 e. The fourth-order valence-electron chi connectivity index (χ4n) is 2.58. The van der Waals surface area contributed by atoms with Crippen LogP contribution in [-0.2, 0) is 11.2 Å². The molecule has 1 aromatic rings. The molecule has 0 radical (unpaired) electrons. The van der Waals surface area contributed by atoms with Crippen LogP contribution in [0, 0.1) is 6.92 Å². The molecule has 1 amide bonds. The minimum absolute atomic E-state index is 0.0622. The van der Waals surface area contributed by atoms with E-state index in [0.29, 0.717) is 19.0 Å². The van der Waals surface area contributed by atoms with Crippen molar-refractivity contribution < 1.29 is 9.90 Å². The van der Waals surface area contributed by atoms with Crippen LogP contribution in [0.15, 0.2) is 24.3 Å². The SMILES string of the molecule is Cc1cccc(CCC(=O)N(CCO)C2CCC2)c1. The first-order chi connectivity index (χ1) is 9.20. The summed E-state index contributed by atoms with van der Waals surface area (Å²) in [4.78, 5) is 14.1. The van der Waals surface area contributed by atoms with Crippen molar-refractivity contribution >= 4 is 5.91 Å². The molecule has 0 spiro atoms. The summed E-state index contributed by atoms with van der Waals surface area (Å²) < 4.78 is 0. The van der Waals surface area contributed by atoms with Crippen LogP contribution in [0.3, 0.4) is 0 Å². The van der Waals surface area contributed by atoms with Gasteiger partial charge in [-0.3, -0.25) is 4.79 Å². The maximum Gasteiger partial charge on any atom is 0.223 e. The van der Waals surface area contributed by atoms with Gasteiger partial charge in [0.25, 0.3) is 0 Å². The van der Waals surface area contributed by atoms with Crippen LogP contribution < -0.4 is 0 Å². The molecule has 3 nitrogen and oxygen atoms in total. The topological polar surface area (TPSA) is 40.5 Å². The van der Waals surface area contributed by atoms with Crippen LogP contribution in [0.5, 0.6) is 0 Å². The fraction of sp³-hybridized carbons (Fsp3) is 0.562. The van der Waals surface area contributed by atoms with E-state index in [2.05, 4.69) is 25.1 Å². The van der Waals surface area contributed by atoms with Crippen molar-refractivity contribution in [1.29, 1.82) is 0 Å². The maximum atomic E-state index is 12.2. The normalized spacial score (nSPS) is 15.1. The van der Waals surface area contributed by atoms with Crippen LogP contribution in [0.1, 0.15) is 36.8 Å². The average molecular weight is 261 g/mol. The summed E-state index contributed by atoms with van der Waals surface area (Å²) in [5.74, 6) is 0.181. The Hall–Kier alpha value is -1.35. The number of hydrogen-bond acceptors (Lipinski definition) is 2. The van der Waals surface area contributed by atoms with Gasteiger partial charge in [-0.05, 0) is 38.2 Å². The first kappa shape index (κ1) is 14.1. The Kier molecular flexibility index (Phi) is 4.97. The Bertz CT molecular complexity index is 427. The fourth-order valence-corrected chi connectivity index (χ4v) is 2.58. The lowest BCUT2D eigenvalue weighted by atomic mass is 9.91. The molecule has 1 aliphatic carbocycles. The van der Waals surface area contributed by atoms with E-state index in [1.54, 1.807) is 0 Å². The molecule has 1 aromatic carbocycles. The summed E-state index contributed by atoms with van der Waals surface area (Å²) in [6, 6.07) is 8.68. The Morgan fingerprint density at radius 2 is 2.21 bits per heavy atom. The summed E-state index contributed by atoms with van der Waals surface area (Å²) in [5, 5.41) is 9.08. The largest absolute Gasteiger partial charge is 0.395 e. The zero-order valence-electron chi connectivity index (χ0n) is 11.6. The van der Waals surface area contributed by atoms with E-state index in [4.69, 9.17) is 5.11 Å². The van der Waals surface area contributed by atoms with Crippen LogP contribution in [0.2, 0.25) is 0 Å². The summed E-state index contributed by atoms with van der Waals surface area (Å²) >= 11 is 0. The second kappa shape index (κ2) is 6.71. The Morgan fingerprint density at radius 3 is 2.79 bits per heavy atom. The van der Waals surface area contributed by atoms with E-state index < -0.39 is 0 Å². The summed E-state index contributed by atoms with van der Waals surface area (Å²) in [5.41, 5.74) is 2.45. The number of carbonyl (C=O) groups is 1. The zero-order valence-corrected chi connectivity index (χ0v) is 11.6. The van der Waals surface area contributed by atoms with Gasteiger partial charge in [-0.25, -0.2) is 0 Å². The van der Waals surface area contributed by atoms with Gasteiger partial charge in [0.1, 0.15) is 0 Å². The van der Waals surface area contributed by atoms with E-state index in [1.807, 2.05) is 11.0 Å². The number of aliphatic hydroxyl groups excluding tert-OH is 1. The highest BCUT2D eigenvalue weighted by molar-refractivity contribution is 5.77. The Balaban J connectivity index is 1.88. The molecule has 2 rings (SSSR count). The lowest BCUT2D eigenvalue weighted by molar-refractivity contribution is -0.135. The molecule has 0 aromatic heterocycles. The van der Waals surface area contributed by atoms with Gasteiger partial charge < -0.3 is 10.0 Å². The molecule has 0 heterocycles. The third-order valence-corrected chi connectivity index (χ3v) is 3.89. The zero-order chi connectivity index (χ0) is 13.7. The summed E-state index contributed by atoms with van der Waals surface area (Å²) in [6.07, 6.45) is 4.72. The third-order valence-electron chi connectivity index (χ3n) is 3.89. The molecule has 0 unspecified atom stereocenters. The molecule has 0 atom stereocenters. The van der Waals surface area contributed by atoms with Crippen molar-refractivity contribution in [2.24, 2.45) is 0 Å². The van der Waals surface area contributed by atoms with Gasteiger partial charge in [-0.2, -0.15) is 0 Å². The van der Waals surface area contributed by atoms with Crippen molar-refractivity contribution in [2.75, 3.05) is 13.2 Å². The molecule has 1 fully saturated rings. The van der Waals surface area contributed by atoms with Crippen molar-refractivity contribution in [3.8, 4) is 0 Å². The van der Waals surface area contributed by atoms with E-state index in [9.17, 15) is 4.79 Å². The van der Waals surface area contributed by atoms with Crippen molar-refractivity contribution in [1.82, 2.24) is 4.90 Å². The second-order valence-corrected chi connectivity index (χ2v) is 5.38. The van der Waals surface area contributed by atoms with Gasteiger partial charge in [-0.15, -0.1) is 0 Å². The Labute approximate surface area is 115 Å². The quantitative estimate of drug-likeness (QED) is 0.853. The highest BCUT2D eigenvalue weighted by atomic mass is 16.3. The number of aliphatic hydroxyl groups is 1. The first-order valence-corrected chi connectivity index (χ1v) is 7.16. The van der Waals surface area contributed by atoms with Crippen molar-refractivity contribution in [3.63, 3.8) is 0 Å².